The summed E-state index contributed by atoms with van der Waals surface area (Å²) in [5, 5.41) is 18.5. The summed E-state index contributed by atoms with van der Waals surface area (Å²) in [5.74, 6) is -0.315. The molecule has 1 heterocycles. The number of fused-ring (bicyclic) bond motifs is 1. The largest absolute Gasteiger partial charge is 0.512 e. The standard InChI is InChI=1S/C18H15ClN4O2/c1-11(24)16(12(2)25)10-20-14-5-8-18-17(9-14)21-22-23(18)15-6-3-13(19)4-7-15/h3-10,24H,1-2H3/b16-11+,20-10?. The van der Waals surface area contributed by atoms with Gasteiger partial charge in [-0.1, -0.05) is 16.8 Å². The van der Waals surface area contributed by atoms with Gasteiger partial charge in [-0.2, -0.15) is 0 Å². The van der Waals surface area contributed by atoms with Gasteiger partial charge in [-0.3, -0.25) is 9.79 Å². The minimum absolute atomic E-state index is 0.0639. The summed E-state index contributed by atoms with van der Waals surface area (Å²) < 4.78 is 1.71. The Balaban J connectivity index is 1.96. The third-order valence-corrected chi connectivity index (χ3v) is 3.86. The normalized spacial score (nSPS) is 12.6. The van der Waals surface area contributed by atoms with Gasteiger partial charge in [-0.05, 0) is 56.3 Å². The van der Waals surface area contributed by atoms with E-state index in [1.807, 2.05) is 18.2 Å². The first kappa shape index (κ1) is 16.9. The van der Waals surface area contributed by atoms with Crippen LogP contribution >= 0.6 is 11.6 Å². The molecule has 0 spiro atoms. The smallest absolute Gasteiger partial charge is 0.164 e. The Morgan fingerprint density at radius 1 is 1.20 bits per heavy atom. The lowest BCUT2D eigenvalue weighted by Gasteiger charge is -2.02. The maximum absolute atomic E-state index is 11.5. The predicted octanol–water partition coefficient (Wildman–Crippen LogP) is 4.20. The van der Waals surface area contributed by atoms with E-state index in [4.69, 9.17) is 11.6 Å². The lowest BCUT2D eigenvalue weighted by atomic mass is 10.2. The molecule has 6 nitrogen and oxygen atoms in total. The number of allylic oxidation sites excluding steroid dienone is 2. The van der Waals surface area contributed by atoms with Crippen molar-refractivity contribution in [3.8, 4) is 5.69 Å². The van der Waals surface area contributed by atoms with Crippen molar-refractivity contribution in [3.63, 3.8) is 0 Å². The summed E-state index contributed by atoms with van der Waals surface area (Å²) in [5.41, 5.74) is 3.11. The number of aromatic nitrogens is 3. The molecule has 0 aliphatic carbocycles. The highest BCUT2D eigenvalue weighted by Crippen LogP contribution is 2.22. The molecule has 0 saturated carbocycles. The summed E-state index contributed by atoms with van der Waals surface area (Å²) >= 11 is 5.91. The maximum atomic E-state index is 11.5. The Labute approximate surface area is 149 Å². The van der Waals surface area contributed by atoms with Crippen LogP contribution < -0.4 is 0 Å². The van der Waals surface area contributed by atoms with E-state index in [0.29, 0.717) is 16.2 Å². The third kappa shape index (κ3) is 3.59. The summed E-state index contributed by atoms with van der Waals surface area (Å²) in [6, 6.07) is 12.7. The lowest BCUT2D eigenvalue weighted by molar-refractivity contribution is -0.113. The molecular formula is C18H15ClN4O2. The minimum atomic E-state index is -0.251. The Morgan fingerprint density at radius 2 is 1.92 bits per heavy atom. The fraction of sp³-hybridized carbons (Fsp3) is 0.111. The van der Waals surface area contributed by atoms with Crippen LogP contribution in [0.3, 0.4) is 0 Å². The molecule has 3 rings (SSSR count). The SMILES string of the molecule is CC(=O)/C(C=Nc1ccc2c(c1)nnn2-c1ccc(Cl)cc1)=C(\C)O. The molecule has 1 aromatic heterocycles. The predicted molar refractivity (Wildman–Crippen MR) is 98.0 cm³/mol. The summed E-state index contributed by atoms with van der Waals surface area (Å²) in [4.78, 5) is 15.7. The number of Topliss-reactive ketones (excluding diaryl/α,β-unsaturated/α-hetero) is 1. The number of ketones is 1. The zero-order chi connectivity index (χ0) is 18.0. The van der Waals surface area contributed by atoms with Crippen molar-refractivity contribution in [1.82, 2.24) is 15.0 Å². The first-order valence-electron chi connectivity index (χ1n) is 7.52. The van der Waals surface area contributed by atoms with Crippen molar-refractivity contribution in [2.45, 2.75) is 13.8 Å². The number of carbonyl (C=O) groups is 1. The van der Waals surface area contributed by atoms with Gasteiger partial charge in [0.15, 0.2) is 5.78 Å². The fourth-order valence-electron chi connectivity index (χ4n) is 2.34. The van der Waals surface area contributed by atoms with Crippen LogP contribution in [0.2, 0.25) is 5.02 Å². The topological polar surface area (TPSA) is 80.4 Å². The van der Waals surface area contributed by atoms with E-state index in [1.54, 1.807) is 28.9 Å². The molecule has 25 heavy (non-hydrogen) atoms. The Morgan fingerprint density at radius 3 is 2.56 bits per heavy atom. The zero-order valence-electron chi connectivity index (χ0n) is 13.6. The van der Waals surface area contributed by atoms with Gasteiger partial charge in [0, 0.05) is 11.2 Å². The summed E-state index contributed by atoms with van der Waals surface area (Å²) in [6.07, 6.45) is 1.35. The van der Waals surface area contributed by atoms with Gasteiger partial charge in [0.1, 0.15) is 11.3 Å². The highest BCUT2D eigenvalue weighted by Gasteiger charge is 2.08. The van der Waals surface area contributed by atoms with Crippen LogP contribution in [-0.2, 0) is 4.79 Å². The van der Waals surface area contributed by atoms with E-state index in [9.17, 15) is 9.90 Å². The van der Waals surface area contributed by atoms with Gasteiger partial charge >= 0.3 is 0 Å². The molecule has 0 radical (unpaired) electrons. The molecule has 0 atom stereocenters. The average Bonchev–Trinajstić information content (AvgIpc) is 2.98. The van der Waals surface area contributed by atoms with Crippen molar-refractivity contribution in [2.24, 2.45) is 4.99 Å². The van der Waals surface area contributed by atoms with Gasteiger partial charge in [-0.15, -0.1) is 5.10 Å². The first-order chi connectivity index (χ1) is 12.0. The Bertz CT molecular complexity index is 1000. The second-order valence-corrected chi connectivity index (χ2v) is 5.90. The van der Waals surface area contributed by atoms with Crippen molar-refractivity contribution in [3.05, 3.63) is 58.8 Å². The van der Waals surface area contributed by atoms with Gasteiger partial charge in [0.05, 0.1) is 22.5 Å². The molecule has 0 saturated heterocycles. The molecule has 0 unspecified atom stereocenters. The van der Waals surface area contributed by atoms with E-state index < -0.39 is 0 Å². The monoisotopic (exact) mass is 354 g/mol. The number of aliphatic hydroxyl groups is 1. The minimum Gasteiger partial charge on any atom is -0.512 e. The second kappa shape index (κ2) is 6.86. The van der Waals surface area contributed by atoms with Crippen molar-refractivity contribution >= 4 is 40.3 Å². The average molecular weight is 355 g/mol. The number of benzene rings is 2. The summed E-state index contributed by atoms with van der Waals surface area (Å²) in [7, 11) is 0. The Kier molecular flexibility index (Phi) is 4.63. The molecule has 7 heteroatoms. The van der Waals surface area contributed by atoms with E-state index >= 15 is 0 Å². The molecule has 0 amide bonds. The van der Waals surface area contributed by atoms with Crippen LogP contribution in [0.5, 0.6) is 0 Å². The van der Waals surface area contributed by atoms with Crippen LogP contribution in [0.4, 0.5) is 5.69 Å². The molecule has 1 N–H and O–H groups in total. The molecular weight excluding hydrogens is 340 g/mol. The van der Waals surface area contributed by atoms with Crippen molar-refractivity contribution in [2.75, 3.05) is 0 Å². The highest BCUT2D eigenvalue weighted by molar-refractivity contribution is 6.30. The number of hydrogen-bond acceptors (Lipinski definition) is 5. The lowest BCUT2D eigenvalue weighted by Crippen LogP contribution is -2.01. The molecule has 0 bridgehead atoms. The van der Waals surface area contributed by atoms with Crippen LogP contribution in [0.1, 0.15) is 13.8 Å². The number of halogens is 1. The van der Waals surface area contributed by atoms with Crippen molar-refractivity contribution in [1.29, 1.82) is 0 Å². The van der Waals surface area contributed by atoms with Crippen LogP contribution in [0.15, 0.2) is 58.8 Å². The van der Waals surface area contributed by atoms with E-state index in [1.165, 1.54) is 20.1 Å². The first-order valence-corrected chi connectivity index (χ1v) is 7.90. The molecule has 126 valence electrons. The number of rotatable bonds is 4. The fourth-order valence-corrected chi connectivity index (χ4v) is 2.47. The number of hydrogen-bond donors (Lipinski definition) is 1. The maximum Gasteiger partial charge on any atom is 0.164 e. The van der Waals surface area contributed by atoms with E-state index in [0.717, 1.165) is 11.2 Å². The number of nitrogens with zero attached hydrogens (tertiary/aromatic N) is 4. The second-order valence-electron chi connectivity index (χ2n) is 5.46. The number of aliphatic imine (C=N–C) groups is 1. The van der Waals surface area contributed by atoms with Gasteiger partial charge in [0.25, 0.3) is 0 Å². The zero-order valence-corrected chi connectivity index (χ0v) is 14.4. The van der Waals surface area contributed by atoms with Gasteiger partial charge in [0.2, 0.25) is 0 Å². The van der Waals surface area contributed by atoms with E-state index in [2.05, 4.69) is 15.3 Å². The van der Waals surface area contributed by atoms with Gasteiger partial charge in [-0.25, -0.2) is 4.68 Å². The summed E-state index contributed by atoms with van der Waals surface area (Å²) in [6.45, 7) is 2.83. The number of aliphatic hydroxyl groups excluding tert-OH is 1. The molecule has 3 aromatic rings. The number of carbonyl (C=O) groups excluding carboxylic acids is 1. The van der Waals surface area contributed by atoms with Gasteiger partial charge < -0.3 is 5.11 Å². The Hall–Kier alpha value is -2.99. The highest BCUT2D eigenvalue weighted by atomic mass is 35.5. The molecule has 0 aliphatic rings. The molecule has 0 fully saturated rings. The van der Waals surface area contributed by atoms with Crippen LogP contribution in [-0.4, -0.2) is 32.1 Å². The van der Waals surface area contributed by atoms with E-state index in [-0.39, 0.29) is 17.1 Å². The van der Waals surface area contributed by atoms with Crippen molar-refractivity contribution < 1.29 is 9.90 Å². The van der Waals surface area contributed by atoms with Crippen LogP contribution in [0.25, 0.3) is 16.7 Å². The third-order valence-electron chi connectivity index (χ3n) is 3.61. The quantitative estimate of drug-likeness (QED) is 0.432. The molecule has 0 aliphatic heterocycles. The van der Waals surface area contributed by atoms with Crippen LogP contribution in [0, 0.1) is 0 Å². The molecule has 2 aromatic carbocycles.